The number of carbonyl (C=O) groups is 3. The maximum absolute atomic E-state index is 12.6. The zero-order chi connectivity index (χ0) is 19.9. The van der Waals surface area contributed by atoms with E-state index in [1.165, 1.54) is 14.0 Å². The van der Waals surface area contributed by atoms with Crippen LogP contribution >= 0.6 is 0 Å². The van der Waals surface area contributed by atoms with Crippen LogP contribution in [-0.2, 0) is 16.1 Å². The van der Waals surface area contributed by atoms with Crippen LogP contribution < -0.4 is 10.6 Å². The third-order valence-electron chi connectivity index (χ3n) is 4.17. The van der Waals surface area contributed by atoms with Crippen LogP contribution in [-0.4, -0.2) is 47.0 Å². The van der Waals surface area contributed by atoms with Crippen molar-refractivity contribution in [2.75, 3.05) is 7.05 Å². The highest BCUT2D eigenvalue weighted by molar-refractivity contribution is 5.89. The van der Waals surface area contributed by atoms with Crippen molar-refractivity contribution in [1.29, 1.82) is 0 Å². The molecule has 0 aliphatic rings. The number of urea groups is 1. The van der Waals surface area contributed by atoms with Gasteiger partial charge in [0.1, 0.15) is 12.1 Å². The first-order valence-electron chi connectivity index (χ1n) is 8.71. The number of likely N-dealkylation sites (N-methyl/N-ethyl adjacent to an activating group) is 1. The summed E-state index contributed by atoms with van der Waals surface area (Å²) in [5, 5.41) is 14.5. The van der Waals surface area contributed by atoms with Crippen molar-refractivity contribution >= 4 is 17.9 Å². The minimum Gasteiger partial charge on any atom is -0.480 e. The third kappa shape index (κ3) is 6.74. The van der Waals surface area contributed by atoms with Crippen LogP contribution in [0.1, 0.15) is 38.3 Å². The number of rotatable bonds is 8. The molecule has 2 atom stereocenters. The van der Waals surface area contributed by atoms with Gasteiger partial charge in [-0.05, 0) is 31.7 Å². The molecular formula is C19H29N3O4. The predicted octanol–water partition coefficient (Wildman–Crippen LogP) is 2.14. The van der Waals surface area contributed by atoms with Crippen molar-refractivity contribution in [3.8, 4) is 0 Å². The summed E-state index contributed by atoms with van der Waals surface area (Å²) in [7, 11) is 1.43. The van der Waals surface area contributed by atoms with Crippen molar-refractivity contribution in [2.24, 2.45) is 5.92 Å². The maximum atomic E-state index is 12.6. The minimum atomic E-state index is -1.09. The van der Waals surface area contributed by atoms with E-state index in [1.807, 2.05) is 45.0 Å². The number of carboxylic acids is 1. The topological polar surface area (TPSA) is 98.7 Å². The fourth-order valence-electron chi connectivity index (χ4n) is 2.39. The monoisotopic (exact) mass is 363 g/mol. The number of nitrogens with one attached hydrogen (secondary N) is 2. The lowest BCUT2D eigenvalue weighted by Crippen LogP contribution is -2.53. The molecule has 0 radical (unpaired) electrons. The Hall–Kier alpha value is -2.57. The second kappa shape index (κ2) is 9.79. The Labute approximate surface area is 154 Å². The molecule has 0 saturated carbocycles. The van der Waals surface area contributed by atoms with Crippen molar-refractivity contribution in [1.82, 2.24) is 15.5 Å². The van der Waals surface area contributed by atoms with E-state index in [9.17, 15) is 14.4 Å². The lowest BCUT2D eigenvalue weighted by atomic mass is 10.0. The number of aryl methyl sites for hydroxylation is 1. The number of carbonyl (C=O) groups excluding carboxylic acids is 2. The fraction of sp³-hybridized carbons (Fsp3) is 0.526. The van der Waals surface area contributed by atoms with Crippen molar-refractivity contribution < 1.29 is 19.5 Å². The second-order valence-corrected chi connectivity index (χ2v) is 6.96. The van der Waals surface area contributed by atoms with E-state index in [0.29, 0.717) is 13.0 Å². The molecule has 3 amide bonds. The highest BCUT2D eigenvalue weighted by atomic mass is 16.4. The quantitative estimate of drug-likeness (QED) is 0.659. The van der Waals surface area contributed by atoms with Gasteiger partial charge < -0.3 is 20.6 Å². The summed E-state index contributed by atoms with van der Waals surface area (Å²) >= 11 is 0. The van der Waals surface area contributed by atoms with E-state index < -0.39 is 30.0 Å². The molecule has 0 saturated heterocycles. The zero-order valence-corrected chi connectivity index (χ0v) is 16.1. The molecule has 0 aliphatic heterocycles. The highest BCUT2D eigenvalue weighted by Crippen LogP contribution is 2.10. The SMILES string of the molecule is Cc1ccc(CNC(=O)NC(CC(C)C)C(=O)N(C)C(C)C(=O)O)cc1. The molecule has 1 aromatic carbocycles. The number of amides is 3. The van der Waals surface area contributed by atoms with E-state index >= 15 is 0 Å². The molecule has 144 valence electrons. The molecule has 0 spiro atoms. The summed E-state index contributed by atoms with van der Waals surface area (Å²) in [6, 6.07) is 5.57. The molecule has 0 bridgehead atoms. The molecule has 2 unspecified atom stereocenters. The van der Waals surface area contributed by atoms with Crippen molar-refractivity contribution in [3.63, 3.8) is 0 Å². The number of hydrogen-bond acceptors (Lipinski definition) is 3. The van der Waals surface area contributed by atoms with Gasteiger partial charge in [0.15, 0.2) is 0 Å². The standard InChI is InChI=1S/C19H29N3O4/c1-12(2)10-16(17(23)22(5)14(4)18(24)25)21-19(26)20-11-15-8-6-13(3)7-9-15/h6-9,12,14,16H,10-11H2,1-5H3,(H,24,25)(H2,20,21,26). The van der Waals surface area contributed by atoms with E-state index in [1.54, 1.807) is 0 Å². The van der Waals surface area contributed by atoms with Crippen molar-refractivity contribution in [2.45, 2.75) is 52.7 Å². The summed E-state index contributed by atoms with van der Waals surface area (Å²) in [5.74, 6) is -1.35. The van der Waals surface area contributed by atoms with Crippen LogP contribution in [0.15, 0.2) is 24.3 Å². The summed E-state index contributed by atoms with van der Waals surface area (Å²) < 4.78 is 0. The Balaban J connectivity index is 2.70. The molecule has 0 fully saturated rings. The van der Waals surface area contributed by atoms with Crippen LogP contribution in [0, 0.1) is 12.8 Å². The Morgan fingerprint density at radius 3 is 2.19 bits per heavy atom. The van der Waals surface area contributed by atoms with Crippen LogP contribution in [0.25, 0.3) is 0 Å². The van der Waals surface area contributed by atoms with E-state index in [0.717, 1.165) is 16.0 Å². The molecule has 0 aromatic heterocycles. The van der Waals surface area contributed by atoms with Gasteiger partial charge in [-0.15, -0.1) is 0 Å². The number of benzene rings is 1. The number of carboxylic acid groups (broad SMARTS) is 1. The van der Waals surface area contributed by atoms with Crippen LogP contribution in [0.2, 0.25) is 0 Å². The van der Waals surface area contributed by atoms with E-state index in [-0.39, 0.29) is 5.92 Å². The van der Waals surface area contributed by atoms with Gasteiger partial charge in [0.2, 0.25) is 5.91 Å². The highest BCUT2D eigenvalue weighted by Gasteiger charge is 2.29. The Kier molecular flexibility index (Phi) is 8.09. The summed E-state index contributed by atoms with van der Waals surface area (Å²) in [5.41, 5.74) is 2.09. The maximum Gasteiger partial charge on any atom is 0.326 e. The van der Waals surface area contributed by atoms with Gasteiger partial charge in [-0.1, -0.05) is 43.7 Å². The van der Waals surface area contributed by atoms with Crippen LogP contribution in [0.3, 0.4) is 0 Å². The smallest absolute Gasteiger partial charge is 0.326 e. The second-order valence-electron chi connectivity index (χ2n) is 6.96. The summed E-state index contributed by atoms with van der Waals surface area (Å²) in [4.78, 5) is 37.0. The first-order valence-corrected chi connectivity index (χ1v) is 8.71. The van der Waals surface area contributed by atoms with Gasteiger partial charge in [0.25, 0.3) is 0 Å². The molecule has 1 rings (SSSR count). The van der Waals surface area contributed by atoms with Gasteiger partial charge in [-0.3, -0.25) is 4.79 Å². The first-order chi connectivity index (χ1) is 12.1. The zero-order valence-electron chi connectivity index (χ0n) is 16.1. The largest absolute Gasteiger partial charge is 0.480 e. The number of aliphatic carboxylic acids is 1. The molecule has 0 heterocycles. The third-order valence-corrected chi connectivity index (χ3v) is 4.17. The number of hydrogen-bond donors (Lipinski definition) is 3. The van der Waals surface area contributed by atoms with Gasteiger partial charge in [0.05, 0.1) is 0 Å². The lowest BCUT2D eigenvalue weighted by Gasteiger charge is -2.28. The normalized spacial score (nSPS) is 13.0. The Bertz CT molecular complexity index is 628. The molecule has 26 heavy (non-hydrogen) atoms. The molecule has 7 heteroatoms. The van der Waals surface area contributed by atoms with Crippen LogP contribution in [0.4, 0.5) is 4.79 Å². The van der Waals surface area contributed by atoms with Gasteiger partial charge >= 0.3 is 12.0 Å². The minimum absolute atomic E-state index is 0.162. The van der Waals surface area contributed by atoms with Crippen molar-refractivity contribution in [3.05, 3.63) is 35.4 Å². The Morgan fingerprint density at radius 1 is 1.12 bits per heavy atom. The molecule has 1 aromatic rings. The molecule has 7 nitrogen and oxygen atoms in total. The Morgan fingerprint density at radius 2 is 1.69 bits per heavy atom. The summed E-state index contributed by atoms with van der Waals surface area (Å²) in [6.07, 6.45) is 0.424. The average Bonchev–Trinajstić information content (AvgIpc) is 2.58. The number of nitrogens with zero attached hydrogens (tertiary/aromatic N) is 1. The van der Waals surface area contributed by atoms with Gasteiger partial charge in [0, 0.05) is 13.6 Å². The lowest BCUT2D eigenvalue weighted by molar-refractivity contribution is -0.149. The van der Waals surface area contributed by atoms with E-state index in [4.69, 9.17) is 5.11 Å². The van der Waals surface area contributed by atoms with Gasteiger partial charge in [-0.25, -0.2) is 9.59 Å². The molecule has 0 aliphatic carbocycles. The summed E-state index contributed by atoms with van der Waals surface area (Å²) in [6.45, 7) is 7.64. The van der Waals surface area contributed by atoms with E-state index in [2.05, 4.69) is 10.6 Å². The fourth-order valence-corrected chi connectivity index (χ4v) is 2.39. The van der Waals surface area contributed by atoms with Crippen LogP contribution in [0.5, 0.6) is 0 Å². The molecular weight excluding hydrogens is 334 g/mol. The predicted molar refractivity (Wildman–Crippen MR) is 99.7 cm³/mol. The first kappa shape index (κ1) is 21.5. The average molecular weight is 363 g/mol. The van der Waals surface area contributed by atoms with Gasteiger partial charge in [-0.2, -0.15) is 0 Å². The molecule has 3 N–H and O–H groups in total.